The molecule has 2 unspecified atom stereocenters. The van der Waals surface area contributed by atoms with Crippen LogP contribution in [0.5, 0.6) is 0 Å². The van der Waals surface area contributed by atoms with E-state index in [0.29, 0.717) is 11.5 Å². The van der Waals surface area contributed by atoms with Crippen molar-refractivity contribution in [1.82, 2.24) is 5.32 Å². The van der Waals surface area contributed by atoms with Crippen molar-refractivity contribution in [2.45, 2.75) is 76.8 Å². The van der Waals surface area contributed by atoms with Crippen LogP contribution in [0.3, 0.4) is 0 Å². The molecule has 0 bridgehead atoms. The Morgan fingerprint density at radius 3 is 2.65 bits per heavy atom. The molecule has 2 aliphatic rings. The molecule has 0 aliphatic heterocycles. The summed E-state index contributed by atoms with van der Waals surface area (Å²) in [6.07, 6.45) is 9.53. The first-order valence-corrected chi connectivity index (χ1v) is 7.10. The molecule has 1 amide bonds. The van der Waals surface area contributed by atoms with Gasteiger partial charge in [-0.05, 0) is 38.0 Å². The van der Waals surface area contributed by atoms with Crippen LogP contribution in [0.2, 0.25) is 0 Å². The second kappa shape index (κ2) is 4.60. The summed E-state index contributed by atoms with van der Waals surface area (Å²) in [5.41, 5.74) is 5.82. The van der Waals surface area contributed by atoms with Crippen molar-refractivity contribution in [2.24, 2.45) is 11.1 Å². The minimum absolute atomic E-state index is 0.0480. The highest BCUT2D eigenvalue weighted by molar-refractivity contribution is 5.86. The summed E-state index contributed by atoms with van der Waals surface area (Å²) in [4.78, 5) is 12.1. The van der Waals surface area contributed by atoms with Gasteiger partial charge in [0.05, 0.1) is 5.54 Å². The Morgan fingerprint density at radius 1 is 1.41 bits per heavy atom. The van der Waals surface area contributed by atoms with E-state index in [-0.39, 0.29) is 5.91 Å². The average molecular weight is 238 g/mol. The summed E-state index contributed by atoms with van der Waals surface area (Å²) in [6, 6.07) is 0.412. The van der Waals surface area contributed by atoms with Gasteiger partial charge in [0.25, 0.3) is 0 Å². The third-order valence-electron chi connectivity index (χ3n) is 4.63. The maximum atomic E-state index is 12.1. The van der Waals surface area contributed by atoms with Crippen LogP contribution in [0, 0.1) is 5.41 Å². The van der Waals surface area contributed by atoms with E-state index in [1.165, 1.54) is 38.5 Å². The number of nitrogens with two attached hydrogens (primary N) is 1. The number of nitrogens with one attached hydrogen (secondary N) is 1. The number of amides is 1. The highest BCUT2D eigenvalue weighted by atomic mass is 16.2. The summed E-state index contributed by atoms with van der Waals surface area (Å²) in [7, 11) is 0. The van der Waals surface area contributed by atoms with Crippen LogP contribution in [-0.4, -0.2) is 17.5 Å². The van der Waals surface area contributed by atoms with Crippen molar-refractivity contribution >= 4 is 5.91 Å². The molecule has 0 heterocycles. The first kappa shape index (κ1) is 12.9. The van der Waals surface area contributed by atoms with E-state index in [2.05, 4.69) is 12.2 Å². The van der Waals surface area contributed by atoms with Crippen molar-refractivity contribution in [3.63, 3.8) is 0 Å². The van der Waals surface area contributed by atoms with Crippen molar-refractivity contribution in [2.75, 3.05) is 0 Å². The molecule has 0 saturated heterocycles. The third-order valence-corrected chi connectivity index (χ3v) is 4.63. The van der Waals surface area contributed by atoms with Gasteiger partial charge < -0.3 is 11.1 Å². The normalized spacial score (nSPS) is 29.7. The molecule has 0 aromatic heterocycles. The lowest BCUT2D eigenvalue weighted by atomic mass is 9.85. The molecule has 3 heteroatoms. The molecule has 0 radical (unpaired) electrons. The second-order valence-electron chi connectivity index (χ2n) is 6.32. The van der Waals surface area contributed by atoms with Crippen LogP contribution in [0.4, 0.5) is 0 Å². The summed E-state index contributed by atoms with van der Waals surface area (Å²) in [5.74, 6) is 0.0480. The number of hydrogen-bond donors (Lipinski definition) is 2. The van der Waals surface area contributed by atoms with E-state index < -0.39 is 5.54 Å². The molecule has 1 spiro atoms. The number of rotatable bonds is 4. The molecule has 2 fully saturated rings. The molecule has 98 valence electrons. The summed E-state index contributed by atoms with van der Waals surface area (Å²) in [6.45, 7) is 3.92. The summed E-state index contributed by atoms with van der Waals surface area (Å²) >= 11 is 0. The monoisotopic (exact) mass is 238 g/mol. The van der Waals surface area contributed by atoms with Crippen LogP contribution in [0.1, 0.15) is 65.2 Å². The lowest BCUT2D eigenvalue weighted by Crippen LogP contribution is -2.52. The Hall–Kier alpha value is -0.570. The Morgan fingerprint density at radius 2 is 2.06 bits per heavy atom. The van der Waals surface area contributed by atoms with Gasteiger partial charge in [-0.15, -0.1) is 0 Å². The van der Waals surface area contributed by atoms with Crippen LogP contribution >= 0.6 is 0 Å². The van der Waals surface area contributed by atoms with Gasteiger partial charge in [0, 0.05) is 6.04 Å². The van der Waals surface area contributed by atoms with Gasteiger partial charge >= 0.3 is 0 Å². The van der Waals surface area contributed by atoms with Gasteiger partial charge in [-0.25, -0.2) is 0 Å². The SMILES string of the molecule is CCCC(C)(N)C(=O)NC1CC12CCCCC2. The zero-order valence-corrected chi connectivity index (χ0v) is 11.2. The van der Waals surface area contributed by atoms with Gasteiger partial charge in [0.15, 0.2) is 0 Å². The average Bonchev–Trinajstić information content (AvgIpc) is 2.91. The maximum absolute atomic E-state index is 12.1. The fourth-order valence-electron chi connectivity index (χ4n) is 3.32. The fourth-order valence-corrected chi connectivity index (χ4v) is 3.32. The predicted octanol–water partition coefficient (Wildman–Crippen LogP) is 2.34. The van der Waals surface area contributed by atoms with Gasteiger partial charge in [0.1, 0.15) is 0 Å². The molecule has 2 saturated carbocycles. The van der Waals surface area contributed by atoms with Crippen LogP contribution in [0.15, 0.2) is 0 Å². The lowest BCUT2D eigenvalue weighted by Gasteiger charge is -2.26. The molecule has 3 nitrogen and oxygen atoms in total. The summed E-state index contributed by atoms with van der Waals surface area (Å²) < 4.78 is 0. The molecule has 17 heavy (non-hydrogen) atoms. The van der Waals surface area contributed by atoms with E-state index in [1.54, 1.807) is 0 Å². The fraction of sp³-hybridized carbons (Fsp3) is 0.929. The standard InChI is InChI=1S/C14H26N2O/c1-3-7-13(2,15)12(17)16-11-10-14(11)8-5-4-6-9-14/h11H,3-10,15H2,1-2H3,(H,16,17). The van der Waals surface area contributed by atoms with E-state index in [1.807, 2.05) is 6.92 Å². The molecule has 3 N–H and O–H groups in total. The van der Waals surface area contributed by atoms with Crippen molar-refractivity contribution < 1.29 is 4.79 Å². The highest BCUT2D eigenvalue weighted by Gasteiger charge is 2.55. The van der Waals surface area contributed by atoms with Gasteiger partial charge in [0.2, 0.25) is 5.91 Å². The Labute approximate surface area is 105 Å². The molecular weight excluding hydrogens is 212 g/mol. The molecule has 0 aromatic carbocycles. The molecule has 0 aromatic rings. The molecule has 2 atom stereocenters. The van der Waals surface area contributed by atoms with E-state index in [9.17, 15) is 4.79 Å². The zero-order valence-electron chi connectivity index (χ0n) is 11.2. The van der Waals surface area contributed by atoms with E-state index in [0.717, 1.165) is 12.8 Å². The number of carbonyl (C=O) groups is 1. The zero-order chi connectivity index (χ0) is 12.5. The van der Waals surface area contributed by atoms with E-state index in [4.69, 9.17) is 5.73 Å². The largest absolute Gasteiger partial charge is 0.351 e. The number of hydrogen-bond acceptors (Lipinski definition) is 2. The van der Waals surface area contributed by atoms with Gasteiger partial charge in [-0.1, -0.05) is 32.6 Å². The lowest BCUT2D eigenvalue weighted by molar-refractivity contribution is -0.126. The number of carbonyl (C=O) groups excluding carboxylic acids is 1. The molecule has 2 rings (SSSR count). The predicted molar refractivity (Wildman–Crippen MR) is 69.6 cm³/mol. The Bertz CT molecular complexity index is 293. The second-order valence-corrected chi connectivity index (χ2v) is 6.32. The minimum atomic E-state index is -0.687. The van der Waals surface area contributed by atoms with Gasteiger partial charge in [-0.2, -0.15) is 0 Å². The summed E-state index contributed by atoms with van der Waals surface area (Å²) in [5, 5.41) is 3.18. The Balaban J connectivity index is 1.85. The molecule has 2 aliphatic carbocycles. The maximum Gasteiger partial charge on any atom is 0.240 e. The van der Waals surface area contributed by atoms with E-state index >= 15 is 0 Å². The van der Waals surface area contributed by atoms with Crippen molar-refractivity contribution in [3.8, 4) is 0 Å². The first-order chi connectivity index (χ1) is 8.00. The smallest absolute Gasteiger partial charge is 0.240 e. The highest BCUT2D eigenvalue weighted by Crippen LogP contribution is 2.56. The van der Waals surface area contributed by atoms with Crippen molar-refractivity contribution in [1.29, 1.82) is 0 Å². The minimum Gasteiger partial charge on any atom is -0.351 e. The topological polar surface area (TPSA) is 55.1 Å². The van der Waals surface area contributed by atoms with Crippen LogP contribution < -0.4 is 11.1 Å². The Kier molecular flexibility index (Phi) is 3.48. The van der Waals surface area contributed by atoms with Gasteiger partial charge in [-0.3, -0.25) is 4.79 Å². The van der Waals surface area contributed by atoms with Crippen molar-refractivity contribution in [3.05, 3.63) is 0 Å². The third kappa shape index (κ3) is 2.65. The van der Waals surface area contributed by atoms with Crippen LogP contribution in [0.25, 0.3) is 0 Å². The van der Waals surface area contributed by atoms with Crippen LogP contribution in [-0.2, 0) is 4.79 Å². The quantitative estimate of drug-likeness (QED) is 0.790. The molecular formula is C14H26N2O. The first-order valence-electron chi connectivity index (χ1n) is 7.10.